The highest BCUT2D eigenvalue weighted by atomic mass is 16.5. The number of hydrogen-bond acceptors (Lipinski definition) is 7. The van der Waals surface area contributed by atoms with Gasteiger partial charge in [0.1, 0.15) is 18.8 Å². The zero-order chi connectivity index (χ0) is 26.3. The van der Waals surface area contributed by atoms with Crippen LogP contribution in [-0.2, 0) is 14.3 Å². The molecule has 1 unspecified atom stereocenters. The Hall–Kier alpha value is -2.49. The zero-order valence-electron chi connectivity index (χ0n) is 22.0. The van der Waals surface area contributed by atoms with E-state index in [1.165, 1.54) is 0 Å². The van der Waals surface area contributed by atoms with E-state index >= 15 is 0 Å². The van der Waals surface area contributed by atoms with E-state index in [0.29, 0.717) is 23.1 Å². The summed E-state index contributed by atoms with van der Waals surface area (Å²) in [5, 5.41) is 3.49. The Balaban J connectivity index is 1.58. The summed E-state index contributed by atoms with van der Waals surface area (Å²) in [5.74, 6) is -0.813. The van der Waals surface area contributed by atoms with Crippen molar-refractivity contribution in [3.8, 4) is 0 Å². The first-order valence-corrected chi connectivity index (χ1v) is 13.9. The Labute approximate surface area is 219 Å². The van der Waals surface area contributed by atoms with E-state index in [1.807, 2.05) is 12.1 Å². The molecule has 202 valence electrons. The van der Waals surface area contributed by atoms with Crippen molar-refractivity contribution >= 4 is 23.3 Å². The molecule has 3 saturated heterocycles. The van der Waals surface area contributed by atoms with Crippen LogP contribution in [0.4, 0.5) is 5.69 Å². The number of rotatable bonds is 6. The van der Waals surface area contributed by atoms with Gasteiger partial charge in [0.25, 0.3) is 0 Å². The number of Topliss-reactive ketones (excluding diaryl/α,β-unsaturated/α-hetero) is 1. The fourth-order valence-electron chi connectivity index (χ4n) is 7.01. The summed E-state index contributed by atoms with van der Waals surface area (Å²) < 4.78 is 5.65. The first-order valence-electron chi connectivity index (χ1n) is 13.9. The number of carbonyl (C=O) groups is 3. The van der Waals surface area contributed by atoms with Crippen molar-refractivity contribution in [2.75, 3.05) is 37.7 Å². The number of nitrogens with one attached hydrogen (secondary N) is 1. The normalized spacial score (nSPS) is 29.6. The van der Waals surface area contributed by atoms with Gasteiger partial charge in [-0.25, -0.2) is 0 Å². The first-order chi connectivity index (χ1) is 17.8. The average molecular weight is 512 g/mol. The topological polar surface area (TPSA) is 131 Å². The van der Waals surface area contributed by atoms with Gasteiger partial charge in [-0.2, -0.15) is 0 Å². The molecule has 0 radical (unpaired) electrons. The highest BCUT2D eigenvalue weighted by Crippen LogP contribution is 2.42. The van der Waals surface area contributed by atoms with E-state index in [2.05, 4.69) is 24.1 Å². The third kappa shape index (κ3) is 4.89. The maximum atomic E-state index is 14.4. The summed E-state index contributed by atoms with van der Waals surface area (Å²) in [5.41, 5.74) is 14.3. The molecule has 5 N–H and O–H groups in total. The van der Waals surface area contributed by atoms with E-state index in [4.69, 9.17) is 16.2 Å². The molecule has 1 aromatic carbocycles. The number of hydrogen-bond donors (Lipinski definition) is 3. The minimum absolute atomic E-state index is 0.0114. The molecule has 3 aliphatic heterocycles. The maximum absolute atomic E-state index is 14.4. The number of likely N-dealkylation sites (tertiary alicyclic amines) is 1. The molecule has 1 aliphatic carbocycles. The number of ether oxygens (including phenoxy) is 1. The Morgan fingerprint density at radius 2 is 1.92 bits per heavy atom. The quantitative estimate of drug-likeness (QED) is 0.526. The monoisotopic (exact) mass is 511 g/mol. The predicted molar refractivity (Wildman–Crippen MR) is 141 cm³/mol. The van der Waals surface area contributed by atoms with Crippen LogP contribution in [0.3, 0.4) is 0 Å². The summed E-state index contributed by atoms with van der Waals surface area (Å²) in [6, 6.07) is 5.03. The summed E-state index contributed by atoms with van der Waals surface area (Å²) >= 11 is 0. The van der Waals surface area contributed by atoms with Crippen LogP contribution in [0.15, 0.2) is 18.2 Å². The van der Waals surface area contributed by atoms with Crippen LogP contribution in [0.5, 0.6) is 0 Å². The smallest absolute Gasteiger partial charge is 0.249 e. The molecular weight excluding hydrogens is 470 g/mol. The van der Waals surface area contributed by atoms with Gasteiger partial charge in [0.05, 0.1) is 12.0 Å². The summed E-state index contributed by atoms with van der Waals surface area (Å²) in [6.45, 7) is 7.29. The third-order valence-corrected chi connectivity index (χ3v) is 8.91. The highest BCUT2D eigenvalue weighted by molar-refractivity contribution is 5.99. The van der Waals surface area contributed by atoms with Crippen LogP contribution in [0.1, 0.15) is 67.8 Å². The largest absolute Gasteiger partial charge is 0.366 e. The van der Waals surface area contributed by atoms with Crippen molar-refractivity contribution in [2.45, 2.75) is 76.1 Å². The lowest BCUT2D eigenvalue weighted by Gasteiger charge is -2.41. The van der Waals surface area contributed by atoms with Crippen molar-refractivity contribution in [3.05, 3.63) is 29.3 Å². The third-order valence-electron chi connectivity index (χ3n) is 8.91. The fourth-order valence-corrected chi connectivity index (χ4v) is 7.01. The SMILES string of the molecule is CC(C)C1CNCCN1c1ccc(C(N)=O)c([C@@H](C(=O)N2C[C@H](N)[C@H]3OCC(=O)[C@H]32)C2CCCCC2)c1. The molecule has 3 heterocycles. The van der Waals surface area contributed by atoms with Crippen LogP contribution in [-0.4, -0.2) is 79.5 Å². The molecule has 37 heavy (non-hydrogen) atoms. The Morgan fingerprint density at radius 1 is 1.16 bits per heavy atom. The molecule has 2 amide bonds. The van der Waals surface area contributed by atoms with Gasteiger partial charge >= 0.3 is 0 Å². The zero-order valence-corrected chi connectivity index (χ0v) is 22.0. The summed E-state index contributed by atoms with van der Waals surface area (Å²) in [7, 11) is 0. The number of benzene rings is 1. The van der Waals surface area contributed by atoms with Gasteiger partial charge in [-0.1, -0.05) is 33.1 Å². The van der Waals surface area contributed by atoms with Gasteiger partial charge in [0, 0.05) is 43.5 Å². The molecule has 1 aromatic rings. The standard InChI is InChI=1S/C28H41N5O4/c1-16(2)22-13-31-10-11-32(22)18-8-9-19(27(30)35)20(12-18)24(17-6-4-3-5-7-17)28(36)33-14-21(29)26-25(33)23(34)15-37-26/h8-9,12,16-17,21-22,24-26,31H,3-7,10-11,13-15,29H2,1-2H3,(H2,30,35)/t21-,22?,24-,25+,26+/m0/s1. The van der Waals surface area contributed by atoms with E-state index in [0.717, 1.165) is 57.4 Å². The number of carbonyl (C=O) groups excluding carboxylic acids is 3. The van der Waals surface area contributed by atoms with Crippen molar-refractivity contribution in [1.82, 2.24) is 10.2 Å². The second kappa shape index (κ2) is 10.7. The van der Waals surface area contributed by atoms with E-state index in [-0.39, 0.29) is 30.8 Å². The van der Waals surface area contributed by atoms with Crippen molar-refractivity contribution in [3.63, 3.8) is 0 Å². The van der Waals surface area contributed by atoms with Crippen molar-refractivity contribution in [2.24, 2.45) is 23.3 Å². The van der Waals surface area contributed by atoms with Gasteiger partial charge in [0.15, 0.2) is 5.78 Å². The molecule has 0 spiro atoms. The lowest BCUT2D eigenvalue weighted by molar-refractivity contribution is -0.139. The number of ketones is 1. The highest BCUT2D eigenvalue weighted by Gasteiger charge is 2.53. The molecular formula is C28H41N5O4. The van der Waals surface area contributed by atoms with E-state index in [1.54, 1.807) is 11.0 Å². The van der Waals surface area contributed by atoms with Crippen LogP contribution in [0.25, 0.3) is 0 Å². The minimum Gasteiger partial charge on any atom is -0.366 e. The van der Waals surface area contributed by atoms with Crippen LogP contribution in [0, 0.1) is 11.8 Å². The first kappa shape index (κ1) is 26.1. The number of nitrogens with two attached hydrogens (primary N) is 2. The lowest BCUT2D eigenvalue weighted by Crippen LogP contribution is -2.53. The Morgan fingerprint density at radius 3 is 2.62 bits per heavy atom. The number of primary amides is 1. The Kier molecular flexibility index (Phi) is 7.56. The lowest BCUT2D eigenvalue weighted by atomic mass is 9.74. The van der Waals surface area contributed by atoms with Crippen LogP contribution < -0.4 is 21.7 Å². The molecule has 0 bridgehead atoms. The number of piperazine rings is 1. The predicted octanol–water partition coefficient (Wildman–Crippen LogP) is 1.39. The van der Waals surface area contributed by atoms with Crippen molar-refractivity contribution < 1.29 is 19.1 Å². The maximum Gasteiger partial charge on any atom is 0.249 e. The molecule has 9 heteroatoms. The molecule has 4 fully saturated rings. The van der Waals surface area contributed by atoms with Crippen LogP contribution >= 0.6 is 0 Å². The molecule has 1 saturated carbocycles. The van der Waals surface area contributed by atoms with Crippen molar-refractivity contribution in [1.29, 1.82) is 0 Å². The average Bonchev–Trinajstić information content (AvgIpc) is 3.44. The summed E-state index contributed by atoms with van der Waals surface area (Å²) in [4.78, 5) is 43.8. The van der Waals surface area contributed by atoms with Gasteiger partial charge < -0.3 is 31.3 Å². The summed E-state index contributed by atoms with van der Waals surface area (Å²) in [6.07, 6.45) is 4.57. The van der Waals surface area contributed by atoms with Gasteiger partial charge in [-0.05, 0) is 48.4 Å². The Bertz CT molecular complexity index is 1040. The molecule has 0 aromatic heterocycles. The fraction of sp³-hybridized carbons (Fsp3) is 0.679. The second-order valence-electron chi connectivity index (χ2n) is 11.6. The molecule has 9 nitrogen and oxygen atoms in total. The number of amides is 2. The van der Waals surface area contributed by atoms with Gasteiger partial charge in [-0.15, -0.1) is 0 Å². The van der Waals surface area contributed by atoms with E-state index < -0.39 is 30.0 Å². The van der Waals surface area contributed by atoms with Gasteiger partial charge in [-0.3, -0.25) is 14.4 Å². The van der Waals surface area contributed by atoms with Gasteiger partial charge in [0.2, 0.25) is 11.8 Å². The minimum atomic E-state index is -0.646. The molecule has 4 aliphatic rings. The van der Waals surface area contributed by atoms with Crippen LogP contribution in [0.2, 0.25) is 0 Å². The number of anilines is 1. The molecule has 5 rings (SSSR count). The number of nitrogens with zero attached hydrogens (tertiary/aromatic N) is 2. The number of fused-ring (bicyclic) bond motifs is 1. The molecule has 5 atom stereocenters. The van der Waals surface area contributed by atoms with E-state index in [9.17, 15) is 14.4 Å². The second-order valence-corrected chi connectivity index (χ2v) is 11.6.